The molecule has 0 bridgehead atoms. The number of carboxylic acids is 1. The Kier molecular flexibility index (Phi) is 5.51. The van der Waals surface area contributed by atoms with Crippen LogP contribution in [-0.2, 0) is 11.2 Å². The second kappa shape index (κ2) is 8.23. The smallest absolute Gasteiger partial charge is 0.307 e. The van der Waals surface area contributed by atoms with Gasteiger partial charge in [-0.15, -0.1) is 0 Å². The summed E-state index contributed by atoms with van der Waals surface area (Å²) in [5, 5.41) is 9.96. The van der Waals surface area contributed by atoms with Crippen molar-refractivity contribution in [2.24, 2.45) is 5.92 Å². The summed E-state index contributed by atoms with van der Waals surface area (Å²) in [4.78, 5) is 12.1. The standard InChI is InChI=1S/C23H26O6/c1-3-7-26-15-5-6-16-14(9-15)10-18(23(24)25)22(16)17-11-20-21(29-13-28-20)12-19(17)27-8-4-2/h5-6,9,11-12,18,22H,3-4,7-8,10,13H2,1-2H3,(H,24,25). The highest BCUT2D eigenvalue weighted by molar-refractivity contribution is 5.76. The number of rotatable bonds is 8. The van der Waals surface area contributed by atoms with E-state index in [2.05, 4.69) is 6.92 Å². The van der Waals surface area contributed by atoms with Gasteiger partial charge >= 0.3 is 5.97 Å². The van der Waals surface area contributed by atoms with E-state index >= 15 is 0 Å². The number of carboxylic acid groups (broad SMARTS) is 1. The van der Waals surface area contributed by atoms with Crippen molar-refractivity contribution in [3.05, 3.63) is 47.0 Å². The lowest BCUT2D eigenvalue weighted by Gasteiger charge is -2.22. The average Bonchev–Trinajstić information content (AvgIpc) is 3.33. The molecule has 4 rings (SSSR count). The summed E-state index contributed by atoms with van der Waals surface area (Å²) in [5.41, 5.74) is 2.84. The third-order valence-electron chi connectivity index (χ3n) is 5.38. The molecule has 6 nitrogen and oxygen atoms in total. The number of hydrogen-bond acceptors (Lipinski definition) is 5. The van der Waals surface area contributed by atoms with E-state index in [0.717, 1.165) is 35.3 Å². The van der Waals surface area contributed by atoms with E-state index in [9.17, 15) is 9.90 Å². The molecule has 0 radical (unpaired) electrons. The Morgan fingerprint density at radius 1 is 1.03 bits per heavy atom. The molecule has 2 aromatic carbocycles. The van der Waals surface area contributed by atoms with Gasteiger partial charge in [0.25, 0.3) is 0 Å². The lowest BCUT2D eigenvalue weighted by Crippen LogP contribution is -2.20. The average molecular weight is 398 g/mol. The molecule has 154 valence electrons. The van der Waals surface area contributed by atoms with Gasteiger partial charge in [0.2, 0.25) is 6.79 Å². The minimum absolute atomic E-state index is 0.160. The Labute approximate surface area is 170 Å². The van der Waals surface area contributed by atoms with Crippen LogP contribution in [0, 0.1) is 5.92 Å². The van der Waals surface area contributed by atoms with Crippen molar-refractivity contribution >= 4 is 5.97 Å². The molecule has 0 fully saturated rings. The van der Waals surface area contributed by atoms with Gasteiger partial charge in [0.05, 0.1) is 19.1 Å². The topological polar surface area (TPSA) is 74.2 Å². The van der Waals surface area contributed by atoms with Gasteiger partial charge in [0, 0.05) is 17.5 Å². The van der Waals surface area contributed by atoms with Gasteiger partial charge < -0.3 is 24.1 Å². The van der Waals surface area contributed by atoms with E-state index in [1.165, 1.54) is 0 Å². The Morgan fingerprint density at radius 3 is 2.48 bits per heavy atom. The number of hydrogen-bond donors (Lipinski definition) is 1. The summed E-state index contributed by atoms with van der Waals surface area (Å²) in [6.07, 6.45) is 2.24. The van der Waals surface area contributed by atoms with E-state index in [1.807, 2.05) is 37.3 Å². The van der Waals surface area contributed by atoms with Gasteiger partial charge in [-0.25, -0.2) is 0 Å². The van der Waals surface area contributed by atoms with Gasteiger partial charge in [0.1, 0.15) is 11.5 Å². The number of benzene rings is 2. The molecule has 0 saturated heterocycles. The van der Waals surface area contributed by atoms with Crippen molar-refractivity contribution in [1.29, 1.82) is 0 Å². The molecule has 2 aliphatic rings. The molecule has 2 atom stereocenters. The molecule has 0 saturated carbocycles. The molecule has 1 N–H and O–H groups in total. The molecule has 2 aromatic rings. The van der Waals surface area contributed by atoms with Crippen LogP contribution in [-0.4, -0.2) is 31.1 Å². The van der Waals surface area contributed by atoms with Crippen LogP contribution < -0.4 is 18.9 Å². The van der Waals surface area contributed by atoms with Crippen molar-refractivity contribution < 1.29 is 28.8 Å². The van der Waals surface area contributed by atoms with Gasteiger partial charge in [-0.3, -0.25) is 4.79 Å². The van der Waals surface area contributed by atoms with Crippen molar-refractivity contribution in [2.45, 2.75) is 39.0 Å². The maximum absolute atomic E-state index is 12.1. The maximum atomic E-state index is 12.1. The lowest BCUT2D eigenvalue weighted by molar-refractivity contribution is -0.141. The van der Waals surface area contributed by atoms with Crippen LogP contribution in [0.25, 0.3) is 0 Å². The number of fused-ring (bicyclic) bond motifs is 2. The van der Waals surface area contributed by atoms with Crippen LogP contribution in [0.5, 0.6) is 23.0 Å². The van der Waals surface area contributed by atoms with E-state index in [4.69, 9.17) is 18.9 Å². The first-order valence-corrected chi connectivity index (χ1v) is 10.2. The first kappa shape index (κ1) is 19.4. The number of aliphatic carboxylic acids is 1. The molecule has 0 amide bonds. The minimum Gasteiger partial charge on any atom is -0.494 e. The van der Waals surface area contributed by atoms with Crippen LogP contribution in [0.3, 0.4) is 0 Å². The summed E-state index contributed by atoms with van der Waals surface area (Å²) in [6, 6.07) is 9.58. The summed E-state index contributed by atoms with van der Waals surface area (Å²) in [7, 11) is 0. The summed E-state index contributed by atoms with van der Waals surface area (Å²) < 4.78 is 22.8. The third kappa shape index (κ3) is 3.71. The highest BCUT2D eigenvalue weighted by Gasteiger charge is 2.40. The first-order valence-electron chi connectivity index (χ1n) is 10.2. The fourth-order valence-electron chi connectivity index (χ4n) is 4.08. The van der Waals surface area contributed by atoms with E-state index in [-0.39, 0.29) is 12.7 Å². The van der Waals surface area contributed by atoms with Gasteiger partial charge in [0.15, 0.2) is 11.5 Å². The van der Waals surface area contributed by atoms with Crippen LogP contribution in [0.1, 0.15) is 49.3 Å². The Hall–Kier alpha value is -2.89. The zero-order chi connectivity index (χ0) is 20.4. The van der Waals surface area contributed by atoms with E-state index in [1.54, 1.807) is 0 Å². The predicted molar refractivity (Wildman–Crippen MR) is 107 cm³/mol. The van der Waals surface area contributed by atoms with E-state index < -0.39 is 11.9 Å². The second-order valence-corrected chi connectivity index (χ2v) is 7.43. The number of ether oxygens (including phenoxy) is 4. The molecule has 6 heteroatoms. The Bertz CT molecular complexity index is 906. The van der Waals surface area contributed by atoms with Crippen molar-refractivity contribution in [2.75, 3.05) is 20.0 Å². The molecule has 2 unspecified atom stereocenters. The Morgan fingerprint density at radius 2 is 1.76 bits per heavy atom. The van der Waals surface area contributed by atoms with Crippen LogP contribution in [0.2, 0.25) is 0 Å². The largest absolute Gasteiger partial charge is 0.494 e. The fraction of sp³-hybridized carbons (Fsp3) is 0.435. The second-order valence-electron chi connectivity index (χ2n) is 7.43. The Balaban J connectivity index is 1.78. The van der Waals surface area contributed by atoms with Crippen molar-refractivity contribution in [3.63, 3.8) is 0 Å². The van der Waals surface area contributed by atoms with Crippen LogP contribution >= 0.6 is 0 Å². The molecule has 1 aliphatic heterocycles. The minimum atomic E-state index is -0.818. The zero-order valence-corrected chi connectivity index (χ0v) is 16.8. The monoisotopic (exact) mass is 398 g/mol. The summed E-state index contributed by atoms with van der Waals surface area (Å²) in [5.74, 6) is 0.994. The summed E-state index contributed by atoms with van der Waals surface area (Å²) >= 11 is 0. The first-order chi connectivity index (χ1) is 14.1. The van der Waals surface area contributed by atoms with Crippen LogP contribution in [0.15, 0.2) is 30.3 Å². The quantitative estimate of drug-likeness (QED) is 0.711. The SMILES string of the molecule is CCCOc1ccc2c(c1)CC(C(=O)O)C2c1cc2c(cc1OCCC)OCO2. The van der Waals surface area contributed by atoms with E-state index in [0.29, 0.717) is 36.9 Å². The highest BCUT2D eigenvalue weighted by atomic mass is 16.7. The van der Waals surface area contributed by atoms with Gasteiger partial charge in [-0.2, -0.15) is 0 Å². The summed E-state index contributed by atoms with van der Waals surface area (Å²) in [6.45, 7) is 5.44. The lowest BCUT2D eigenvalue weighted by atomic mass is 9.85. The van der Waals surface area contributed by atoms with Gasteiger partial charge in [-0.1, -0.05) is 19.9 Å². The molecule has 1 heterocycles. The number of carbonyl (C=O) groups is 1. The molecule has 0 aromatic heterocycles. The van der Waals surface area contributed by atoms with Crippen molar-refractivity contribution in [1.82, 2.24) is 0 Å². The zero-order valence-electron chi connectivity index (χ0n) is 16.8. The normalized spacial score (nSPS) is 19.1. The van der Waals surface area contributed by atoms with Crippen molar-refractivity contribution in [3.8, 4) is 23.0 Å². The predicted octanol–water partition coefficient (Wildman–Crippen LogP) is 4.38. The third-order valence-corrected chi connectivity index (χ3v) is 5.38. The maximum Gasteiger partial charge on any atom is 0.307 e. The van der Waals surface area contributed by atoms with Gasteiger partial charge in [-0.05, 0) is 48.6 Å². The molecular weight excluding hydrogens is 372 g/mol. The van der Waals surface area contributed by atoms with Crippen LogP contribution in [0.4, 0.5) is 0 Å². The highest BCUT2D eigenvalue weighted by Crippen LogP contribution is 2.50. The fourth-order valence-corrected chi connectivity index (χ4v) is 4.08. The molecule has 29 heavy (non-hydrogen) atoms. The molecular formula is C23H26O6. The molecule has 1 aliphatic carbocycles. The molecule has 0 spiro atoms.